The van der Waals surface area contributed by atoms with Gasteiger partial charge in [-0.1, -0.05) is 29.4 Å². The van der Waals surface area contributed by atoms with Gasteiger partial charge in [0, 0.05) is 20.1 Å². The normalized spacial score (nSPS) is 11.9. The average Bonchev–Trinajstić information content (AvgIpc) is 2.82. The molecule has 0 bridgehead atoms. The molecule has 0 fully saturated rings. The summed E-state index contributed by atoms with van der Waals surface area (Å²) in [5.74, 6) is 1.08. The highest BCUT2D eigenvalue weighted by molar-refractivity contribution is 5.85. The molecule has 0 aliphatic heterocycles. The molecule has 2 N–H and O–H groups in total. The molecule has 6 heteroatoms. The minimum absolute atomic E-state index is 0. The van der Waals surface area contributed by atoms with Crippen LogP contribution in [0.4, 0.5) is 0 Å². The quantitative estimate of drug-likeness (QED) is 0.909. The van der Waals surface area contributed by atoms with Gasteiger partial charge in [-0.25, -0.2) is 0 Å². The fraction of sp³-hybridized carbons (Fsp3) is 0.385. The van der Waals surface area contributed by atoms with Crippen molar-refractivity contribution in [3.63, 3.8) is 0 Å². The van der Waals surface area contributed by atoms with Crippen molar-refractivity contribution in [2.45, 2.75) is 19.4 Å². The maximum absolute atomic E-state index is 5.55. The van der Waals surface area contributed by atoms with Gasteiger partial charge in [0.25, 0.3) is 5.89 Å². The molecule has 0 aliphatic rings. The molecule has 2 rings (SSSR count). The number of aromatic nitrogens is 2. The van der Waals surface area contributed by atoms with E-state index in [-0.39, 0.29) is 18.5 Å². The fourth-order valence-corrected chi connectivity index (χ4v) is 1.75. The van der Waals surface area contributed by atoms with Crippen LogP contribution in [0.25, 0.3) is 0 Å². The first-order valence-electron chi connectivity index (χ1n) is 5.84. The number of nitrogens with zero attached hydrogens (tertiary/aromatic N) is 2. The predicted octanol–water partition coefficient (Wildman–Crippen LogP) is 2.04. The van der Waals surface area contributed by atoms with E-state index in [1.807, 2.05) is 12.1 Å². The number of methoxy groups -OCH3 is 1. The largest absolute Gasteiger partial charge is 0.370 e. The molecule has 0 radical (unpaired) electrons. The molecule has 0 saturated carbocycles. The van der Waals surface area contributed by atoms with Crippen molar-refractivity contribution in [3.05, 3.63) is 47.1 Å². The molecule has 104 valence electrons. The van der Waals surface area contributed by atoms with Crippen molar-refractivity contribution in [2.24, 2.45) is 5.73 Å². The fourth-order valence-electron chi connectivity index (χ4n) is 1.75. The molecule has 1 aromatic heterocycles. The van der Waals surface area contributed by atoms with Gasteiger partial charge in [-0.2, -0.15) is 4.98 Å². The van der Waals surface area contributed by atoms with Crippen LogP contribution < -0.4 is 5.73 Å². The highest BCUT2D eigenvalue weighted by Gasteiger charge is 2.17. The van der Waals surface area contributed by atoms with Gasteiger partial charge in [0.1, 0.15) is 6.10 Å². The summed E-state index contributed by atoms with van der Waals surface area (Å²) in [6.45, 7) is 2.39. The van der Waals surface area contributed by atoms with Crippen molar-refractivity contribution >= 4 is 12.4 Å². The Bertz CT molecular complexity index is 512. The molecule has 0 amide bonds. The topological polar surface area (TPSA) is 74.2 Å². The van der Waals surface area contributed by atoms with Gasteiger partial charge in [-0.3, -0.25) is 0 Å². The Morgan fingerprint density at radius 1 is 1.37 bits per heavy atom. The summed E-state index contributed by atoms with van der Waals surface area (Å²) in [5, 5.41) is 3.95. The molecular formula is C13H18ClN3O2. The zero-order valence-electron chi connectivity index (χ0n) is 11.0. The van der Waals surface area contributed by atoms with E-state index in [2.05, 4.69) is 29.2 Å². The summed E-state index contributed by atoms with van der Waals surface area (Å²) in [4.78, 5) is 4.31. The highest BCUT2D eigenvalue weighted by Crippen LogP contribution is 2.15. The summed E-state index contributed by atoms with van der Waals surface area (Å²) in [7, 11) is 1.57. The number of nitrogens with two attached hydrogens (primary N) is 1. The number of aryl methyl sites for hydroxylation is 1. The molecule has 2 aromatic rings. The molecular weight excluding hydrogens is 266 g/mol. The van der Waals surface area contributed by atoms with Gasteiger partial charge in [0.2, 0.25) is 0 Å². The zero-order valence-corrected chi connectivity index (χ0v) is 11.8. The SMILES string of the molecule is COC(CN)c1nc(Cc2ccccc2C)no1.Cl. The third-order valence-electron chi connectivity index (χ3n) is 2.87. The van der Waals surface area contributed by atoms with E-state index in [4.69, 9.17) is 15.0 Å². The number of hydrogen-bond donors (Lipinski definition) is 1. The van der Waals surface area contributed by atoms with Gasteiger partial charge < -0.3 is 15.0 Å². The number of rotatable bonds is 5. The van der Waals surface area contributed by atoms with Crippen LogP contribution in [0.1, 0.15) is 28.9 Å². The lowest BCUT2D eigenvalue weighted by Crippen LogP contribution is -2.14. The molecule has 1 unspecified atom stereocenters. The smallest absolute Gasteiger partial charge is 0.257 e. The van der Waals surface area contributed by atoms with Crippen molar-refractivity contribution in [1.82, 2.24) is 10.1 Å². The van der Waals surface area contributed by atoms with Crippen LogP contribution in [0.15, 0.2) is 28.8 Å². The molecule has 19 heavy (non-hydrogen) atoms. The number of benzene rings is 1. The summed E-state index contributed by atoms with van der Waals surface area (Å²) in [6, 6.07) is 8.13. The van der Waals surface area contributed by atoms with Crippen molar-refractivity contribution < 1.29 is 9.26 Å². The Morgan fingerprint density at radius 2 is 2.11 bits per heavy atom. The molecule has 1 atom stereocenters. The molecule has 5 nitrogen and oxygen atoms in total. The Hall–Kier alpha value is -1.43. The minimum Gasteiger partial charge on any atom is -0.370 e. The predicted molar refractivity (Wildman–Crippen MR) is 74.3 cm³/mol. The maximum Gasteiger partial charge on any atom is 0.257 e. The Kier molecular flexibility index (Phi) is 5.95. The lowest BCUT2D eigenvalue weighted by molar-refractivity contribution is 0.0804. The average molecular weight is 284 g/mol. The first-order valence-corrected chi connectivity index (χ1v) is 5.84. The van der Waals surface area contributed by atoms with Crippen LogP contribution in [0, 0.1) is 6.92 Å². The lowest BCUT2D eigenvalue weighted by Gasteiger charge is -2.05. The Morgan fingerprint density at radius 3 is 2.74 bits per heavy atom. The van der Waals surface area contributed by atoms with Crippen LogP contribution in [-0.2, 0) is 11.2 Å². The minimum atomic E-state index is -0.330. The van der Waals surface area contributed by atoms with Crippen LogP contribution >= 0.6 is 12.4 Å². The molecule has 1 heterocycles. The second-order valence-corrected chi connectivity index (χ2v) is 4.11. The van der Waals surface area contributed by atoms with Crippen molar-refractivity contribution in [2.75, 3.05) is 13.7 Å². The number of halogens is 1. The van der Waals surface area contributed by atoms with Gasteiger partial charge in [0.05, 0.1) is 0 Å². The third kappa shape index (κ3) is 3.76. The van der Waals surface area contributed by atoms with E-state index in [9.17, 15) is 0 Å². The highest BCUT2D eigenvalue weighted by atomic mass is 35.5. The standard InChI is InChI=1S/C13H17N3O2.ClH/c1-9-5-3-4-6-10(9)7-12-15-13(18-16-12)11(8-14)17-2;/h3-6,11H,7-8,14H2,1-2H3;1H. The first kappa shape index (κ1) is 15.6. The lowest BCUT2D eigenvalue weighted by atomic mass is 10.1. The van der Waals surface area contributed by atoms with E-state index < -0.39 is 0 Å². The van der Waals surface area contributed by atoms with E-state index in [1.165, 1.54) is 11.1 Å². The van der Waals surface area contributed by atoms with Crippen molar-refractivity contribution in [3.8, 4) is 0 Å². The van der Waals surface area contributed by atoms with Crippen LogP contribution in [0.2, 0.25) is 0 Å². The third-order valence-corrected chi connectivity index (χ3v) is 2.87. The summed E-state index contributed by atoms with van der Waals surface area (Å²) >= 11 is 0. The Labute approximate surface area is 118 Å². The summed E-state index contributed by atoms with van der Waals surface area (Å²) < 4.78 is 10.3. The van der Waals surface area contributed by atoms with Gasteiger partial charge in [-0.05, 0) is 18.1 Å². The Balaban J connectivity index is 0.00000180. The van der Waals surface area contributed by atoms with E-state index in [1.54, 1.807) is 7.11 Å². The van der Waals surface area contributed by atoms with Crippen LogP contribution in [0.3, 0.4) is 0 Å². The molecule has 0 saturated heterocycles. The monoisotopic (exact) mass is 283 g/mol. The second-order valence-electron chi connectivity index (χ2n) is 4.11. The van der Waals surface area contributed by atoms with E-state index >= 15 is 0 Å². The molecule has 0 aliphatic carbocycles. The van der Waals surface area contributed by atoms with Gasteiger partial charge in [0.15, 0.2) is 5.82 Å². The summed E-state index contributed by atoms with van der Waals surface area (Å²) in [6.07, 6.45) is 0.320. The van der Waals surface area contributed by atoms with E-state index in [0.717, 1.165) is 0 Å². The molecule has 1 aromatic carbocycles. The number of ether oxygens (including phenoxy) is 1. The van der Waals surface area contributed by atoms with Crippen molar-refractivity contribution in [1.29, 1.82) is 0 Å². The first-order chi connectivity index (χ1) is 8.74. The maximum atomic E-state index is 5.55. The van der Waals surface area contributed by atoms with Gasteiger partial charge in [-0.15, -0.1) is 12.4 Å². The summed E-state index contributed by atoms with van der Waals surface area (Å²) in [5.41, 5.74) is 7.95. The molecule has 0 spiro atoms. The van der Waals surface area contributed by atoms with E-state index in [0.29, 0.717) is 24.7 Å². The van der Waals surface area contributed by atoms with Gasteiger partial charge >= 0.3 is 0 Å². The second kappa shape index (κ2) is 7.23. The zero-order chi connectivity index (χ0) is 13.0. The van der Waals surface area contributed by atoms with Crippen LogP contribution in [-0.4, -0.2) is 23.8 Å². The number of hydrogen-bond acceptors (Lipinski definition) is 5. The van der Waals surface area contributed by atoms with Crippen LogP contribution in [0.5, 0.6) is 0 Å².